The number of carboxylic acid groups (broad SMARTS) is 1. The third-order valence-electron chi connectivity index (χ3n) is 3.55. The minimum Gasteiger partial charge on any atom is -0.481 e. The number of thiophene rings is 1. The standard InChI is InChI=1S/C13H18N2O3S/c1-8-9-5-7-19-11(9)4-6-15(8)13(18)10(14)2-3-12(16)17/h5,7-8,10H,2-4,6,14H2,1H3,(H,16,17). The van der Waals surface area contributed by atoms with Crippen molar-refractivity contribution in [3.05, 3.63) is 21.9 Å². The van der Waals surface area contributed by atoms with Gasteiger partial charge in [-0.25, -0.2) is 0 Å². The molecule has 19 heavy (non-hydrogen) atoms. The second kappa shape index (κ2) is 5.71. The summed E-state index contributed by atoms with van der Waals surface area (Å²) in [5.41, 5.74) is 6.99. The lowest BCUT2D eigenvalue weighted by Gasteiger charge is -2.35. The molecule has 0 spiro atoms. The van der Waals surface area contributed by atoms with E-state index < -0.39 is 12.0 Å². The highest BCUT2D eigenvalue weighted by molar-refractivity contribution is 7.10. The van der Waals surface area contributed by atoms with Gasteiger partial charge >= 0.3 is 5.97 Å². The molecular weight excluding hydrogens is 264 g/mol. The van der Waals surface area contributed by atoms with E-state index in [-0.39, 0.29) is 24.8 Å². The van der Waals surface area contributed by atoms with E-state index in [0.717, 1.165) is 6.42 Å². The van der Waals surface area contributed by atoms with Crippen molar-refractivity contribution in [2.24, 2.45) is 5.73 Å². The van der Waals surface area contributed by atoms with Gasteiger partial charge in [-0.3, -0.25) is 9.59 Å². The van der Waals surface area contributed by atoms with E-state index in [9.17, 15) is 9.59 Å². The van der Waals surface area contributed by atoms with Crippen LogP contribution in [0.15, 0.2) is 11.4 Å². The minimum atomic E-state index is -0.921. The second-order valence-electron chi connectivity index (χ2n) is 4.80. The number of fused-ring (bicyclic) bond motifs is 1. The van der Waals surface area contributed by atoms with Crippen LogP contribution in [0.4, 0.5) is 0 Å². The molecule has 1 aromatic heterocycles. The van der Waals surface area contributed by atoms with Crippen LogP contribution in [0, 0.1) is 0 Å². The van der Waals surface area contributed by atoms with Crippen molar-refractivity contribution >= 4 is 23.2 Å². The number of amides is 1. The lowest BCUT2D eigenvalue weighted by molar-refractivity contribution is -0.138. The molecule has 6 heteroatoms. The predicted molar refractivity (Wildman–Crippen MR) is 73.0 cm³/mol. The Hall–Kier alpha value is -1.40. The summed E-state index contributed by atoms with van der Waals surface area (Å²) in [6, 6.07) is 1.35. The average Bonchev–Trinajstić information content (AvgIpc) is 2.84. The molecule has 1 aliphatic heterocycles. The summed E-state index contributed by atoms with van der Waals surface area (Å²) in [5, 5.41) is 10.7. The molecular formula is C13H18N2O3S. The lowest BCUT2D eigenvalue weighted by atomic mass is 10.00. The Morgan fingerprint density at radius 3 is 3.05 bits per heavy atom. The average molecular weight is 282 g/mol. The summed E-state index contributed by atoms with van der Waals surface area (Å²) < 4.78 is 0. The molecule has 2 unspecified atom stereocenters. The van der Waals surface area contributed by atoms with Crippen molar-refractivity contribution in [2.75, 3.05) is 6.54 Å². The molecule has 104 valence electrons. The van der Waals surface area contributed by atoms with E-state index in [0.29, 0.717) is 6.54 Å². The maximum Gasteiger partial charge on any atom is 0.303 e. The van der Waals surface area contributed by atoms with Crippen molar-refractivity contribution < 1.29 is 14.7 Å². The maximum absolute atomic E-state index is 12.3. The molecule has 1 aliphatic rings. The van der Waals surface area contributed by atoms with E-state index in [1.54, 1.807) is 16.2 Å². The van der Waals surface area contributed by atoms with E-state index >= 15 is 0 Å². The van der Waals surface area contributed by atoms with Gasteiger partial charge in [0.05, 0.1) is 12.1 Å². The van der Waals surface area contributed by atoms with Crippen LogP contribution in [-0.4, -0.2) is 34.5 Å². The van der Waals surface area contributed by atoms with Gasteiger partial charge in [-0.1, -0.05) is 0 Å². The number of nitrogens with two attached hydrogens (primary N) is 1. The van der Waals surface area contributed by atoms with Crippen LogP contribution in [-0.2, 0) is 16.0 Å². The normalized spacial score (nSPS) is 19.9. The Labute approximate surface area is 116 Å². The van der Waals surface area contributed by atoms with Gasteiger partial charge in [0.2, 0.25) is 5.91 Å². The van der Waals surface area contributed by atoms with E-state index in [1.807, 2.05) is 18.4 Å². The fourth-order valence-electron chi connectivity index (χ4n) is 2.43. The molecule has 1 aromatic rings. The van der Waals surface area contributed by atoms with Crippen LogP contribution >= 0.6 is 11.3 Å². The quantitative estimate of drug-likeness (QED) is 0.874. The van der Waals surface area contributed by atoms with Crippen LogP contribution in [0.25, 0.3) is 0 Å². The Morgan fingerprint density at radius 2 is 2.37 bits per heavy atom. The highest BCUT2D eigenvalue weighted by Gasteiger charge is 2.31. The summed E-state index contributed by atoms with van der Waals surface area (Å²) in [6.45, 7) is 2.65. The first-order valence-corrected chi connectivity index (χ1v) is 7.22. The molecule has 0 aliphatic carbocycles. The number of carbonyl (C=O) groups is 2. The third kappa shape index (κ3) is 2.96. The van der Waals surface area contributed by atoms with Gasteiger partial charge in [0, 0.05) is 17.8 Å². The zero-order valence-electron chi connectivity index (χ0n) is 10.8. The van der Waals surface area contributed by atoms with Gasteiger partial charge in [-0.2, -0.15) is 0 Å². The maximum atomic E-state index is 12.3. The first kappa shape index (κ1) is 14.0. The number of nitrogens with zero attached hydrogens (tertiary/aromatic N) is 1. The molecule has 2 rings (SSSR count). The van der Waals surface area contributed by atoms with Gasteiger partial charge < -0.3 is 15.7 Å². The molecule has 0 bridgehead atoms. The number of aliphatic carboxylic acids is 1. The summed E-state index contributed by atoms with van der Waals surface area (Å²) >= 11 is 1.72. The molecule has 1 amide bonds. The van der Waals surface area contributed by atoms with Crippen molar-refractivity contribution in [1.82, 2.24) is 4.90 Å². The van der Waals surface area contributed by atoms with Crippen LogP contribution < -0.4 is 5.73 Å². The summed E-state index contributed by atoms with van der Waals surface area (Å²) in [5.74, 6) is -1.07. The van der Waals surface area contributed by atoms with Crippen LogP contribution in [0.5, 0.6) is 0 Å². The summed E-state index contributed by atoms with van der Waals surface area (Å²) in [4.78, 5) is 25.9. The SMILES string of the molecule is CC1c2ccsc2CCN1C(=O)C(N)CCC(=O)O. The summed E-state index contributed by atoms with van der Waals surface area (Å²) in [7, 11) is 0. The Kier molecular flexibility index (Phi) is 4.21. The molecule has 2 heterocycles. The van der Waals surface area contributed by atoms with E-state index in [2.05, 4.69) is 0 Å². The fraction of sp³-hybridized carbons (Fsp3) is 0.538. The Morgan fingerprint density at radius 1 is 1.63 bits per heavy atom. The Bertz CT molecular complexity index is 486. The first-order valence-electron chi connectivity index (χ1n) is 6.35. The lowest BCUT2D eigenvalue weighted by Crippen LogP contribution is -2.47. The zero-order chi connectivity index (χ0) is 14.0. The van der Waals surface area contributed by atoms with Gasteiger partial charge in [0.15, 0.2) is 0 Å². The molecule has 0 radical (unpaired) electrons. The fourth-order valence-corrected chi connectivity index (χ4v) is 3.39. The van der Waals surface area contributed by atoms with Crippen molar-refractivity contribution in [1.29, 1.82) is 0 Å². The van der Waals surface area contributed by atoms with Gasteiger partial charge in [-0.15, -0.1) is 11.3 Å². The molecule has 2 atom stereocenters. The van der Waals surface area contributed by atoms with Crippen LogP contribution in [0.2, 0.25) is 0 Å². The molecule has 0 saturated heterocycles. The first-order chi connectivity index (χ1) is 9.00. The largest absolute Gasteiger partial charge is 0.481 e. The molecule has 0 saturated carbocycles. The predicted octanol–water partition coefficient (Wildman–Crippen LogP) is 1.39. The van der Waals surface area contributed by atoms with Crippen LogP contribution in [0.1, 0.15) is 36.2 Å². The van der Waals surface area contributed by atoms with Gasteiger partial charge in [0.1, 0.15) is 0 Å². The topological polar surface area (TPSA) is 83.6 Å². The minimum absolute atomic E-state index is 0.0263. The number of hydrogen-bond acceptors (Lipinski definition) is 4. The smallest absolute Gasteiger partial charge is 0.303 e. The molecule has 5 nitrogen and oxygen atoms in total. The highest BCUT2D eigenvalue weighted by atomic mass is 32.1. The molecule has 3 N–H and O–H groups in total. The Balaban J connectivity index is 2.02. The van der Waals surface area contributed by atoms with Crippen LogP contribution in [0.3, 0.4) is 0 Å². The number of rotatable bonds is 4. The number of carbonyl (C=O) groups excluding carboxylic acids is 1. The molecule has 0 aromatic carbocycles. The van der Waals surface area contributed by atoms with Gasteiger partial charge in [-0.05, 0) is 36.8 Å². The van der Waals surface area contributed by atoms with Gasteiger partial charge in [0.25, 0.3) is 0 Å². The summed E-state index contributed by atoms with van der Waals surface area (Å²) in [6.07, 6.45) is 0.974. The van der Waals surface area contributed by atoms with Crippen molar-refractivity contribution in [3.8, 4) is 0 Å². The monoisotopic (exact) mass is 282 g/mol. The second-order valence-corrected chi connectivity index (χ2v) is 5.80. The number of carboxylic acids is 1. The van der Waals surface area contributed by atoms with Crippen molar-refractivity contribution in [3.63, 3.8) is 0 Å². The van der Waals surface area contributed by atoms with E-state index in [4.69, 9.17) is 10.8 Å². The van der Waals surface area contributed by atoms with Crippen molar-refractivity contribution in [2.45, 2.75) is 38.3 Å². The molecule has 0 fully saturated rings. The highest BCUT2D eigenvalue weighted by Crippen LogP contribution is 2.33. The van der Waals surface area contributed by atoms with E-state index in [1.165, 1.54) is 10.4 Å². The number of hydrogen-bond donors (Lipinski definition) is 2. The third-order valence-corrected chi connectivity index (χ3v) is 4.54. The zero-order valence-corrected chi connectivity index (χ0v) is 11.7.